The summed E-state index contributed by atoms with van der Waals surface area (Å²) in [6, 6.07) is 6.14. The van der Waals surface area contributed by atoms with Crippen LogP contribution in [0.25, 0.3) is 0 Å². The molecule has 19 heavy (non-hydrogen) atoms. The fourth-order valence-corrected chi connectivity index (χ4v) is 2.03. The minimum Gasteiger partial charge on any atom is -0.493 e. The second-order valence-corrected chi connectivity index (χ2v) is 5.16. The molecular formula is C14H21BrN2O2. The van der Waals surface area contributed by atoms with Crippen molar-refractivity contribution in [3.63, 3.8) is 0 Å². The van der Waals surface area contributed by atoms with Crippen LogP contribution in [-0.4, -0.2) is 26.1 Å². The fourth-order valence-electron chi connectivity index (χ4n) is 1.69. The zero-order valence-electron chi connectivity index (χ0n) is 11.6. The van der Waals surface area contributed by atoms with E-state index in [0.29, 0.717) is 19.6 Å². The molecule has 0 aliphatic heterocycles. The Labute approximate surface area is 123 Å². The summed E-state index contributed by atoms with van der Waals surface area (Å²) in [5.74, 6) is 0.821. The van der Waals surface area contributed by atoms with E-state index < -0.39 is 0 Å². The van der Waals surface area contributed by atoms with Gasteiger partial charge in [0.1, 0.15) is 5.75 Å². The van der Waals surface area contributed by atoms with Gasteiger partial charge in [-0.15, -0.1) is 0 Å². The summed E-state index contributed by atoms with van der Waals surface area (Å²) < 4.78 is 6.69. The highest BCUT2D eigenvalue weighted by Crippen LogP contribution is 2.28. The number of ether oxygens (including phenoxy) is 1. The molecule has 0 bridgehead atoms. The third-order valence-corrected chi connectivity index (χ3v) is 3.33. The third-order valence-electron chi connectivity index (χ3n) is 2.84. The Bertz CT molecular complexity index is 424. The van der Waals surface area contributed by atoms with Crippen molar-refractivity contribution < 1.29 is 9.53 Å². The Balaban J connectivity index is 2.65. The average molecular weight is 329 g/mol. The predicted octanol–water partition coefficient (Wildman–Crippen LogP) is 2.63. The first-order valence-corrected chi connectivity index (χ1v) is 7.24. The largest absolute Gasteiger partial charge is 0.493 e. The number of rotatable bonds is 7. The van der Waals surface area contributed by atoms with Gasteiger partial charge in [0.25, 0.3) is 0 Å². The number of carbonyl (C=O) groups excluding carboxylic acids is 1. The summed E-state index contributed by atoms with van der Waals surface area (Å²) in [6.45, 7) is 5.00. The summed E-state index contributed by atoms with van der Waals surface area (Å²) in [5, 5.41) is 5.94. The molecule has 0 spiro atoms. The Morgan fingerprint density at radius 2 is 2.21 bits per heavy atom. The van der Waals surface area contributed by atoms with Crippen LogP contribution in [0.5, 0.6) is 5.75 Å². The average Bonchev–Trinajstić information content (AvgIpc) is 2.38. The van der Waals surface area contributed by atoms with E-state index in [-0.39, 0.29) is 11.9 Å². The number of halogens is 1. The number of carbonyl (C=O) groups is 1. The lowest BCUT2D eigenvalue weighted by Gasteiger charge is -2.16. The van der Waals surface area contributed by atoms with Gasteiger partial charge in [-0.2, -0.15) is 0 Å². The van der Waals surface area contributed by atoms with Gasteiger partial charge in [0, 0.05) is 22.6 Å². The van der Waals surface area contributed by atoms with Crippen LogP contribution in [0.15, 0.2) is 22.7 Å². The van der Waals surface area contributed by atoms with Crippen LogP contribution in [-0.2, 0) is 4.79 Å². The van der Waals surface area contributed by atoms with Crippen LogP contribution in [0.1, 0.15) is 31.9 Å². The topological polar surface area (TPSA) is 50.4 Å². The standard InChI is InChI=1S/C14H21BrN2O2/c1-4-17-14(18)7-8-19-13-9-11(15)5-6-12(13)10(2)16-3/h5-6,9-10,16H,4,7-8H2,1-3H3,(H,17,18). The van der Waals surface area contributed by atoms with E-state index in [2.05, 4.69) is 33.5 Å². The van der Waals surface area contributed by atoms with Crippen molar-refractivity contribution in [2.45, 2.75) is 26.3 Å². The number of amides is 1. The molecule has 0 saturated carbocycles. The third kappa shape index (κ3) is 5.20. The molecule has 0 aliphatic rings. The van der Waals surface area contributed by atoms with Crippen molar-refractivity contribution in [3.8, 4) is 5.75 Å². The molecule has 1 unspecified atom stereocenters. The summed E-state index contributed by atoms with van der Waals surface area (Å²) in [7, 11) is 1.91. The van der Waals surface area contributed by atoms with Crippen LogP contribution in [0.4, 0.5) is 0 Å². The molecule has 0 aliphatic carbocycles. The van der Waals surface area contributed by atoms with Crippen LogP contribution in [0.2, 0.25) is 0 Å². The van der Waals surface area contributed by atoms with Crippen molar-refractivity contribution in [2.24, 2.45) is 0 Å². The predicted molar refractivity (Wildman–Crippen MR) is 80.4 cm³/mol. The van der Waals surface area contributed by atoms with Gasteiger partial charge in [-0.25, -0.2) is 0 Å². The molecule has 1 amide bonds. The first-order valence-electron chi connectivity index (χ1n) is 6.44. The summed E-state index contributed by atoms with van der Waals surface area (Å²) >= 11 is 3.43. The molecule has 0 heterocycles. The molecule has 0 radical (unpaired) electrons. The van der Waals surface area contributed by atoms with E-state index in [9.17, 15) is 4.79 Å². The second-order valence-electron chi connectivity index (χ2n) is 4.24. The molecule has 1 aromatic rings. The lowest BCUT2D eigenvalue weighted by atomic mass is 10.1. The van der Waals surface area contributed by atoms with Gasteiger partial charge in [-0.05, 0) is 33.0 Å². The highest BCUT2D eigenvalue weighted by molar-refractivity contribution is 9.10. The summed E-state index contributed by atoms with van der Waals surface area (Å²) in [4.78, 5) is 11.4. The number of hydrogen-bond acceptors (Lipinski definition) is 3. The van der Waals surface area contributed by atoms with Crippen LogP contribution >= 0.6 is 15.9 Å². The van der Waals surface area contributed by atoms with Gasteiger partial charge in [-0.3, -0.25) is 4.79 Å². The molecule has 1 rings (SSSR count). The Morgan fingerprint density at radius 3 is 2.84 bits per heavy atom. The minimum absolute atomic E-state index is 0.0145. The maximum atomic E-state index is 11.4. The molecule has 0 fully saturated rings. The zero-order valence-corrected chi connectivity index (χ0v) is 13.2. The van der Waals surface area contributed by atoms with E-state index in [1.807, 2.05) is 32.2 Å². The normalized spacial score (nSPS) is 12.0. The maximum absolute atomic E-state index is 11.4. The minimum atomic E-state index is 0.0145. The molecule has 4 nitrogen and oxygen atoms in total. The van der Waals surface area contributed by atoms with Crippen LogP contribution in [0, 0.1) is 0 Å². The van der Waals surface area contributed by atoms with Crippen LogP contribution < -0.4 is 15.4 Å². The van der Waals surface area contributed by atoms with Gasteiger partial charge in [0.05, 0.1) is 13.0 Å². The fraction of sp³-hybridized carbons (Fsp3) is 0.500. The number of hydrogen-bond donors (Lipinski definition) is 2. The smallest absolute Gasteiger partial charge is 0.223 e. The molecule has 1 atom stereocenters. The maximum Gasteiger partial charge on any atom is 0.223 e. The molecule has 1 aromatic carbocycles. The summed E-state index contributed by atoms with van der Waals surface area (Å²) in [5.41, 5.74) is 1.08. The zero-order chi connectivity index (χ0) is 14.3. The Kier molecular flexibility index (Phi) is 6.87. The molecular weight excluding hydrogens is 308 g/mol. The highest BCUT2D eigenvalue weighted by Gasteiger charge is 2.11. The lowest BCUT2D eigenvalue weighted by Crippen LogP contribution is -2.24. The van der Waals surface area contributed by atoms with Crippen molar-refractivity contribution >= 4 is 21.8 Å². The summed E-state index contributed by atoms with van der Waals surface area (Å²) in [6.07, 6.45) is 0.369. The van der Waals surface area contributed by atoms with Crippen molar-refractivity contribution in [1.82, 2.24) is 10.6 Å². The SMILES string of the molecule is CCNC(=O)CCOc1cc(Br)ccc1C(C)NC. The molecule has 0 saturated heterocycles. The van der Waals surface area contributed by atoms with E-state index in [1.54, 1.807) is 0 Å². The number of nitrogens with one attached hydrogen (secondary N) is 2. The molecule has 0 aromatic heterocycles. The quantitative estimate of drug-likeness (QED) is 0.809. The molecule has 2 N–H and O–H groups in total. The van der Waals surface area contributed by atoms with E-state index >= 15 is 0 Å². The van der Waals surface area contributed by atoms with Gasteiger partial charge < -0.3 is 15.4 Å². The monoisotopic (exact) mass is 328 g/mol. The highest BCUT2D eigenvalue weighted by atomic mass is 79.9. The van der Waals surface area contributed by atoms with Gasteiger partial charge in [-0.1, -0.05) is 22.0 Å². The Morgan fingerprint density at radius 1 is 1.47 bits per heavy atom. The number of benzene rings is 1. The van der Waals surface area contributed by atoms with Crippen LogP contribution in [0.3, 0.4) is 0 Å². The van der Waals surface area contributed by atoms with Gasteiger partial charge in [0.2, 0.25) is 5.91 Å². The van der Waals surface area contributed by atoms with E-state index in [4.69, 9.17) is 4.74 Å². The van der Waals surface area contributed by atoms with Crippen molar-refractivity contribution in [3.05, 3.63) is 28.2 Å². The first-order chi connectivity index (χ1) is 9.08. The van der Waals surface area contributed by atoms with Gasteiger partial charge >= 0.3 is 0 Å². The van der Waals surface area contributed by atoms with Gasteiger partial charge in [0.15, 0.2) is 0 Å². The lowest BCUT2D eigenvalue weighted by molar-refractivity contribution is -0.121. The first kappa shape index (κ1) is 16.0. The Hall–Kier alpha value is -1.07. The van der Waals surface area contributed by atoms with Crippen molar-refractivity contribution in [2.75, 3.05) is 20.2 Å². The molecule has 5 heteroatoms. The molecule has 106 valence electrons. The van der Waals surface area contributed by atoms with E-state index in [1.165, 1.54) is 0 Å². The van der Waals surface area contributed by atoms with Crippen molar-refractivity contribution in [1.29, 1.82) is 0 Å². The van der Waals surface area contributed by atoms with E-state index in [0.717, 1.165) is 15.8 Å². The second kappa shape index (κ2) is 8.17.